The summed E-state index contributed by atoms with van der Waals surface area (Å²) in [6.45, 7) is 2.18. The summed E-state index contributed by atoms with van der Waals surface area (Å²) in [6.07, 6.45) is 1.60. The molecule has 27 heavy (non-hydrogen) atoms. The molecule has 9 heteroatoms. The van der Waals surface area contributed by atoms with Crippen molar-refractivity contribution in [3.63, 3.8) is 0 Å². The van der Waals surface area contributed by atoms with Crippen LogP contribution in [0.2, 0.25) is 5.02 Å². The SMILES string of the molecule is CCOc1cc(/C=N\NC(=O)Cc2ccc3nc(N)sc3c2)cc(Cl)c1O. The van der Waals surface area contributed by atoms with E-state index in [0.29, 0.717) is 17.3 Å². The van der Waals surface area contributed by atoms with Gasteiger partial charge in [0.05, 0.1) is 34.5 Å². The molecule has 1 heterocycles. The fourth-order valence-electron chi connectivity index (χ4n) is 2.43. The quantitative estimate of drug-likeness (QED) is 0.431. The molecule has 3 aromatic rings. The number of nitrogens with one attached hydrogen (secondary N) is 1. The van der Waals surface area contributed by atoms with Gasteiger partial charge in [0, 0.05) is 0 Å². The number of benzene rings is 2. The second kappa shape index (κ2) is 8.24. The van der Waals surface area contributed by atoms with Crippen LogP contribution >= 0.6 is 22.9 Å². The Morgan fingerprint density at radius 2 is 2.26 bits per heavy atom. The van der Waals surface area contributed by atoms with Crippen LogP contribution in [0.15, 0.2) is 35.4 Å². The number of nitrogens with zero attached hydrogens (tertiary/aromatic N) is 2. The lowest BCUT2D eigenvalue weighted by Crippen LogP contribution is -2.19. The van der Waals surface area contributed by atoms with Gasteiger partial charge >= 0.3 is 0 Å². The van der Waals surface area contributed by atoms with E-state index in [9.17, 15) is 9.90 Å². The number of rotatable bonds is 6. The molecule has 4 N–H and O–H groups in total. The van der Waals surface area contributed by atoms with Gasteiger partial charge in [-0.3, -0.25) is 4.79 Å². The topological polar surface area (TPSA) is 110 Å². The minimum atomic E-state index is -0.266. The fraction of sp³-hybridized carbons (Fsp3) is 0.167. The Labute approximate surface area is 164 Å². The van der Waals surface area contributed by atoms with E-state index in [1.165, 1.54) is 23.6 Å². The van der Waals surface area contributed by atoms with Crippen LogP contribution in [0.3, 0.4) is 0 Å². The summed E-state index contributed by atoms with van der Waals surface area (Å²) >= 11 is 7.34. The van der Waals surface area contributed by atoms with Gasteiger partial charge in [-0.05, 0) is 42.3 Å². The maximum Gasteiger partial charge on any atom is 0.244 e. The number of hydrazone groups is 1. The lowest BCUT2D eigenvalue weighted by atomic mass is 10.1. The van der Waals surface area contributed by atoms with E-state index in [2.05, 4.69) is 15.5 Å². The predicted octanol–water partition coefficient (Wildman–Crippen LogP) is 3.33. The Morgan fingerprint density at radius 3 is 3.04 bits per heavy atom. The molecule has 0 aliphatic heterocycles. The van der Waals surface area contributed by atoms with Gasteiger partial charge < -0.3 is 15.6 Å². The third kappa shape index (κ3) is 4.66. The summed E-state index contributed by atoms with van der Waals surface area (Å²) in [5, 5.41) is 14.4. The number of phenolic OH excluding ortho intramolecular Hbond substituents is 1. The summed E-state index contributed by atoms with van der Waals surface area (Å²) in [5.41, 5.74) is 10.4. The zero-order valence-corrected chi connectivity index (χ0v) is 16.0. The number of nitrogens with two attached hydrogens (primary N) is 1. The highest BCUT2D eigenvalue weighted by Crippen LogP contribution is 2.34. The molecule has 3 rings (SSSR count). The zero-order chi connectivity index (χ0) is 19.4. The Hall–Kier alpha value is -2.84. The maximum atomic E-state index is 12.1. The van der Waals surface area contributed by atoms with Crippen LogP contribution in [0, 0.1) is 0 Å². The van der Waals surface area contributed by atoms with Gasteiger partial charge in [-0.1, -0.05) is 29.0 Å². The number of thiazole rings is 1. The van der Waals surface area contributed by atoms with Crippen LogP contribution in [0.1, 0.15) is 18.1 Å². The van der Waals surface area contributed by atoms with Crippen LogP contribution in [0.4, 0.5) is 5.13 Å². The van der Waals surface area contributed by atoms with Crippen LogP contribution < -0.4 is 15.9 Å². The maximum absolute atomic E-state index is 12.1. The van der Waals surface area contributed by atoms with Crippen molar-refractivity contribution < 1.29 is 14.6 Å². The molecule has 2 aromatic carbocycles. The second-order valence-corrected chi connectivity index (χ2v) is 7.08. The standard InChI is InChI=1S/C18H17ClN4O3S/c1-2-26-14-6-11(5-12(19)17(14)25)9-21-23-16(24)8-10-3-4-13-15(7-10)27-18(20)22-13/h3-7,9,25H,2,8H2,1H3,(H2,20,22)(H,23,24)/b21-9-. The van der Waals surface area contributed by atoms with Gasteiger partial charge in [-0.2, -0.15) is 5.10 Å². The number of carbonyl (C=O) groups is 1. The van der Waals surface area contributed by atoms with Gasteiger partial charge in [0.15, 0.2) is 16.6 Å². The van der Waals surface area contributed by atoms with Crippen LogP contribution in [-0.2, 0) is 11.2 Å². The number of aromatic nitrogens is 1. The minimum absolute atomic E-state index is 0.126. The van der Waals surface area contributed by atoms with Crippen molar-refractivity contribution in [2.75, 3.05) is 12.3 Å². The Bertz CT molecular complexity index is 1020. The van der Waals surface area contributed by atoms with Crippen molar-refractivity contribution in [1.82, 2.24) is 10.4 Å². The van der Waals surface area contributed by atoms with Crippen molar-refractivity contribution in [1.29, 1.82) is 0 Å². The Morgan fingerprint density at radius 1 is 1.44 bits per heavy atom. The molecule has 0 radical (unpaired) electrons. The summed E-state index contributed by atoms with van der Waals surface area (Å²) in [6, 6.07) is 8.67. The molecule has 0 fully saturated rings. The molecule has 0 unspecified atom stereocenters. The summed E-state index contributed by atoms with van der Waals surface area (Å²) in [7, 11) is 0. The largest absolute Gasteiger partial charge is 0.503 e. The van der Waals surface area contributed by atoms with E-state index in [1.54, 1.807) is 13.0 Å². The summed E-state index contributed by atoms with van der Waals surface area (Å²) < 4.78 is 6.24. The monoisotopic (exact) mass is 404 g/mol. The van der Waals surface area contributed by atoms with E-state index in [0.717, 1.165) is 15.8 Å². The molecule has 0 aliphatic rings. The Kier molecular flexibility index (Phi) is 5.78. The van der Waals surface area contributed by atoms with Gasteiger partial charge in [-0.15, -0.1) is 0 Å². The first kappa shape index (κ1) is 18.9. The molecule has 0 saturated carbocycles. The number of halogens is 1. The summed E-state index contributed by atoms with van der Waals surface area (Å²) in [4.78, 5) is 16.3. The fourth-order valence-corrected chi connectivity index (χ4v) is 3.45. The third-order valence-electron chi connectivity index (χ3n) is 3.59. The number of ether oxygens (including phenoxy) is 1. The molecular weight excluding hydrogens is 388 g/mol. The van der Waals surface area contributed by atoms with Crippen LogP contribution in [0.25, 0.3) is 10.2 Å². The number of nitrogen functional groups attached to an aromatic ring is 1. The van der Waals surface area contributed by atoms with Gasteiger partial charge in [0.25, 0.3) is 0 Å². The Balaban J connectivity index is 1.64. The van der Waals surface area contributed by atoms with Crippen LogP contribution in [-0.4, -0.2) is 28.8 Å². The van der Waals surface area contributed by atoms with Crippen molar-refractivity contribution in [3.8, 4) is 11.5 Å². The van der Waals surface area contributed by atoms with E-state index >= 15 is 0 Å². The first-order valence-electron chi connectivity index (χ1n) is 8.08. The number of fused-ring (bicyclic) bond motifs is 1. The van der Waals surface area contributed by atoms with Crippen molar-refractivity contribution in [2.45, 2.75) is 13.3 Å². The summed E-state index contributed by atoms with van der Waals surface area (Å²) in [5.74, 6) is -0.133. The number of hydrogen-bond donors (Lipinski definition) is 3. The molecule has 0 spiro atoms. The second-order valence-electron chi connectivity index (χ2n) is 5.61. The normalized spacial score (nSPS) is 11.2. The van der Waals surface area contributed by atoms with E-state index < -0.39 is 0 Å². The van der Waals surface area contributed by atoms with E-state index in [4.69, 9.17) is 22.1 Å². The average molecular weight is 405 g/mol. The molecule has 140 valence electrons. The number of aromatic hydroxyl groups is 1. The highest BCUT2D eigenvalue weighted by molar-refractivity contribution is 7.22. The lowest BCUT2D eigenvalue weighted by Gasteiger charge is -2.08. The highest BCUT2D eigenvalue weighted by Gasteiger charge is 2.09. The smallest absolute Gasteiger partial charge is 0.244 e. The number of hydrogen-bond acceptors (Lipinski definition) is 7. The average Bonchev–Trinajstić information content (AvgIpc) is 2.98. The van der Waals surface area contributed by atoms with Crippen molar-refractivity contribution in [3.05, 3.63) is 46.5 Å². The molecule has 0 bridgehead atoms. The number of amides is 1. The number of anilines is 1. The lowest BCUT2D eigenvalue weighted by molar-refractivity contribution is -0.120. The van der Waals surface area contributed by atoms with Gasteiger partial charge in [0.2, 0.25) is 5.91 Å². The molecule has 0 atom stereocenters. The van der Waals surface area contributed by atoms with E-state index in [-0.39, 0.29) is 28.8 Å². The predicted molar refractivity (Wildman–Crippen MR) is 108 cm³/mol. The van der Waals surface area contributed by atoms with Crippen LogP contribution in [0.5, 0.6) is 11.5 Å². The molecule has 1 aromatic heterocycles. The number of phenols is 1. The molecule has 7 nitrogen and oxygen atoms in total. The number of carbonyl (C=O) groups excluding carboxylic acids is 1. The molecular formula is C18H17ClN4O3S. The molecule has 1 amide bonds. The first-order valence-corrected chi connectivity index (χ1v) is 9.28. The van der Waals surface area contributed by atoms with Gasteiger partial charge in [-0.25, -0.2) is 10.4 Å². The third-order valence-corrected chi connectivity index (χ3v) is 4.72. The van der Waals surface area contributed by atoms with Crippen molar-refractivity contribution >= 4 is 50.4 Å². The molecule has 0 saturated heterocycles. The van der Waals surface area contributed by atoms with Gasteiger partial charge in [0.1, 0.15) is 0 Å². The van der Waals surface area contributed by atoms with E-state index in [1.807, 2.05) is 18.2 Å². The van der Waals surface area contributed by atoms with Crippen molar-refractivity contribution in [2.24, 2.45) is 5.10 Å². The highest BCUT2D eigenvalue weighted by atomic mass is 35.5. The zero-order valence-electron chi connectivity index (χ0n) is 14.4. The first-order chi connectivity index (χ1) is 13.0. The molecule has 0 aliphatic carbocycles. The minimum Gasteiger partial charge on any atom is -0.503 e.